The van der Waals surface area contributed by atoms with E-state index in [0.717, 1.165) is 16.0 Å². The molecule has 0 amide bonds. The fraction of sp³-hybridized carbons (Fsp3) is 0.174. The van der Waals surface area contributed by atoms with E-state index in [1.165, 1.54) is 23.1 Å². The molecule has 0 heterocycles. The quantitative estimate of drug-likeness (QED) is 0.304. The Morgan fingerprint density at radius 2 is 1.60 bits per heavy atom. The van der Waals surface area contributed by atoms with Crippen LogP contribution in [-0.4, -0.2) is 27.7 Å². The van der Waals surface area contributed by atoms with Crippen LogP contribution in [0.3, 0.4) is 0 Å². The van der Waals surface area contributed by atoms with Crippen LogP contribution in [0.25, 0.3) is 0 Å². The number of anilines is 1. The predicted molar refractivity (Wildman–Crippen MR) is 121 cm³/mol. The molecule has 0 unspecified atom stereocenters. The summed E-state index contributed by atoms with van der Waals surface area (Å²) in [6.07, 6.45) is 1.90. The van der Waals surface area contributed by atoms with Crippen LogP contribution in [0.2, 0.25) is 0 Å². The van der Waals surface area contributed by atoms with E-state index in [-0.39, 0.29) is 4.90 Å². The average Bonchev–Trinajstić information content (AvgIpc) is 2.75. The highest BCUT2D eigenvalue weighted by molar-refractivity contribution is 7.98. The van der Waals surface area contributed by atoms with Gasteiger partial charge in [-0.1, -0.05) is 18.2 Å². The summed E-state index contributed by atoms with van der Waals surface area (Å²) in [5, 5.41) is 0. The van der Waals surface area contributed by atoms with E-state index in [1.807, 2.05) is 32.2 Å². The Labute approximate surface area is 181 Å². The second kappa shape index (κ2) is 8.93. The lowest BCUT2D eigenvalue weighted by Crippen LogP contribution is -2.26. The van der Waals surface area contributed by atoms with Gasteiger partial charge >= 0.3 is 5.97 Å². The monoisotopic (exact) mass is 441 g/mol. The summed E-state index contributed by atoms with van der Waals surface area (Å²) in [5.74, 6) is -0.111. The molecule has 0 aliphatic rings. The van der Waals surface area contributed by atoms with Crippen LogP contribution in [0.5, 0.6) is 5.75 Å². The molecule has 0 N–H and O–H groups in total. The molecule has 156 valence electrons. The number of carbonyl (C=O) groups is 1. The molecule has 0 atom stereocenters. The van der Waals surface area contributed by atoms with Gasteiger partial charge in [-0.2, -0.15) is 0 Å². The molecule has 0 aromatic heterocycles. The highest BCUT2D eigenvalue weighted by atomic mass is 32.2. The zero-order chi connectivity index (χ0) is 21.9. The molecule has 5 nitrogen and oxygen atoms in total. The van der Waals surface area contributed by atoms with Crippen LogP contribution in [0, 0.1) is 13.8 Å². The third-order valence-corrected chi connectivity index (χ3v) is 7.45. The van der Waals surface area contributed by atoms with Gasteiger partial charge in [-0.25, -0.2) is 13.2 Å². The molecule has 30 heavy (non-hydrogen) atoms. The maximum Gasteiger partial charge on any atom is 0.344 e. The molecule has 0 spiro atoms. The van der Waals surface area contributed by atoms with Gasteiger partial charge in [-0.05, 0) is 79.8 Å². The SMILES string of the molecule is CSc1ccccc1C(=O)Oc1ccc(N(C)S(=O)(=O)c2ccc(C)c(C)c2)cc1. The van der Waals surface area contributed by atoms with Crippen LogP contribution in [-0.2, 0) is 10.0 Å². The van der Waals surface area contributed by atoms with Crippen LogP contribution in [0.1, 0.15) is 21.5 Å². The molecule has 3 aromatic rings. The van der Waals surface area contributed by atoms with Crippen molar-refractivity contribution in [2.45, 2.75) is 23.6 Å². The van der Waals surface area contributed by atoms with E-state index in [2.05, 4.69) is 0 Å². The lowest BCUT2D eigenvalue weighted by Gasteiger charge is -2.20. The second-order valence-electron chi connectivity index (χ2n) is 6.80. The molecular formula is C23H23NO4S2. The van der Waals surface area contributed by atoms with Crippen molar-refractivity contribution in [2.24, 2.45) is 0 Å². The number of benzene rings is 3. The second-order valence-corrected chi connectivity index (χ2v) is 9.62. The number of aryl methyl sites for hydroxylation is 2. The molecule has 0 radical (unpaired) electrons. The summed E-state index contributed by atoms with van der Waals surface area (Å²) in [7, 11) is -2.20. The topological polar surface area (TPSA) is 63.7 Å². The number of hydrogen-bond acceptors (Lipinski definition) is 5. The number of hydrogen-bond donors (Lipinski definition) is 0. The Morgan fingerprint density at radius 3 is 2.23 bits per heavy atom. The van der Waals surface area contributed by atoms with E-state index in [4.69, 9.17) is 4.74 Å². The van der Waals surface area contributed by atoms with E-state index in [0.29, 0.717) is 17.0 Å². The molecule has 0 bridgehead atoms. The van der Waals surface area contributed by atoms with E-state index in [9.17, 15) is 13.2 Å². The average molecular weight is 442 g/mol. The van der Waals surface area contributed by atoms with Crippen molar-refractivity contribution in [1.29, 1.82) is 0 Å². The van der Waals surface area contributed by atoms with E-state index >= 15 is 0 Å². The van der Waals surface area contributed by atoms with Crippen molar-refractivity contribution in [3.63, 3.8) is 0 Å². The predicted octanol–water partition coefficient (Wildman–Crippen LogP) is 5.07. The number of sulfonamides is 1. The molecule has 3 rings (SSSR count). The fourth-order valence-electron chi connectivity index (χ4n) is 2.87. The highest BCUT2D eigenvalue weighted by Crippen LogP contribution is 2.27. The minimum Gasteiger partial charge on any atom is -0.423 e. The number of rotatable bonds is 6. The van der Waals surface area contributed by atoms with Crippen molar-refractivity contribution in [1.82, 2.24) is 0 Å². The standard InChI is InChI=1S/C23H23NO4S2/c1-16-9-14-20(15-17(16)2)30(26,27)24(3)18-10-12-19(13-11-18)28-23(25)21-7-5-6-8-22(21)29-4/h5-15H,1-4H3. The summed E-state index contributed by atoms with van der Waals surface area (Å²) in [5.41, 5.74) is 2.91. The third kappa shape index (κ3) is 4.52. The summed E-state index contributed by atoms with van der Waals surface area (Å²) < 4.78 is 32.6. The number of esters is 1. The number of nitrogens with zero attached hydrogens (tertiary/aromatic N) is 1. The van der Waals surface area contributed by atoms with Crippen LogP contribution in [0.15, 0.2) is 76.5 Å². The number of ether oxygens (including phenoxy) is 1. The molecule has 0 saturated carbocycles. The molecule has 0 saturated heterocycles. The Bertz CT molecular complexity index is 1170. The van der Waals surface area contributed by atoms with Gasteiger partial charge in [-0.15, -0.1) is 11.8 Å². The smallest absolute Gasteiger partial charge is 0.344 e. The molecule has 0 fully saturated rings. The number of thioether (sulfide) groups is 1. The van der Waals surface area contributed by atoms with Gasteiger partial charge in [0.1, 0.15) is 5.75 Å². The molecule has 7 heteroatoms. The molecule has 0 aliphatic carbocycles. The Balaban J connectivity index is 1.79. The zero-order valence-corrected chi connectivity index (χ0v) is 18.9. The Hall–Kier alpha value is -2.77. The minimum absolute atomic E-state index is 0.234. The van der Waals surface area contributed by atoms with E-state index in [1.54, 1.807) is 54.6 Å². The normalized spacial score (nSPS) is 11.2. The van der Waals surface area contributed by atoms with Crippen molar-refractivity contribution < 1.29 is 17.9 Å². The van der Waals surface area contributed by atoms with Crippen molar-refractivity contribution in [3.8, 4) is 5.75 Å². The highest BCUT2D eigenvalue weighted by Gasteiger charge is 2.22. The van der Waals surface area contributed by atoms with Crippen LogP contribution < -0.4 is 9.04 Å². The first-order valence-corrected chi connectivity index (χ1v) is 11.9. The van der Waals surface area contributed by atoms with Gasteiger partial charge in [0.15, 0.2) is 0 Å². The summed E-state index contributed by atoms with van der Waals surface area (Å²) >= 11 is 1.47. The zero-order valence-electron chi connectivity index (χ0n) is 17.2. The van der Waals surface area contributed by atoms with Gasteiger partial charge in [-0.3, -0.25) is 4.31 Å². The Kier molecular flexibility index (Phi) is 6.53. The third-order valence-electron chi connectivity index (χ3n) is 4.87. The van der Waals surface area contributed by atoms with Crippen LogP contribution >= 0.6 is 11.8 Å². The van der Waals surface area contributed by atoms with Crippen molar-refractivity contribution >= 4 is 33.4 Å². The summed E-state index contributed by atoms with van der Waals surface area (Å²) in [6.45, 7) is 3.82. The van der Waals surface area contributed by atoms with Crippen molar-refractivity contribution in [3.05, 3.63) is 83.4 Å². The van der Waals surface area contributed by atoms with Crippen molar-refractivity contribution in [2.75, 3.05) is 17.6 Å². The maximum atomic E-state index is 13.0. The molecule has 3 aromatic carbocycles. The maximum absolute atomic E-state index is 13.0. The lowest BCUT2D eigenvalue weighted by atomic mass is 10.1. The molecule has 0 aliphatic heterocycles. The lowest BCUT2D eigenvalue weighted by molar-refractivity contribution is 0.0731. The van der Waals surface area contributed by atoms with Crippen LogP contribution in [0.4, 0.5) is 5.69 Å². The summed E-state index contributed by atoms with van der Waals surface area (Å²) in [6, 6.07) is 18.7. The largest absolute Gasteiger partial charge is 0.423 e. The fourth-order valence-corrected chi connectivity index (χ4v) is 4.74. The first-order chi connectivity index (χ1) is 14.2. The molecular weight excluding hydrogens is 418 g/mol. The van der Waals surface area contributed by atoms with Gasteiger partial charge in [0.05, 0.1) is 16.1 Å². The first kappa shape index (κ1) is 21.9. The van der Waals surface area contributed by atoms with Gasteiger partial charge in [0.2, 0.25) is 0 Å². The Morgan fingerprint density at radius 1 is 0.933 bits per heavy atom. The van der Waals surface area contributed by atoms with Gasteiger partial charge < -0.3 is 4.74 Å². The summed E-state index contributed by atoms with van der Waals surface area (Å²) in [4.78, 5) is 13.5. The minimum atomic E-state index is -3.70. The number of carbonyl (C=O) groups excluding carboxylic acids is 1. The van der Waals surface area contributed by atoms with Gasteiger partial charge in [0, 0.05) is 11.9 Å². The van der Waals surface area contributed by atoms with Gasteiger partial charge in [0.25, 0.3) is 10.0 Å². The first-order valence-electron chi connectivity index (χ1n) is 9.25. The van der Waals surface area contributed by atoms with E-state index < -0.39 is 16.0 Å².